The molecule has 4 nitrogen and oxygen atoms in total. The second-order valence-electron chi connectivity index (χ2n) is 6.37. The molecule has 0 saturated carbocycles. The van der Waals surface area contributed by atoms with Crippen LogP contribution in [0.5, 0.6) is 11.5 Å². The molecule has 0 N–H and O–H groups in total. The highest BCUT2D eigenvalue weighted by molar-refractivity contribution is 5.87. The van der Waals surface area contributed by atoms with E-state index in [9.17, 15) is 4.79 Å². The number of carbonyl (C=O) groups is 1. The molecule has 2 aromatic rings. The maximum absolute atomic E-state index is 11.9. The lowest BCUT2D eigenvalue weighted by atomic mass is 10.0. The standard InChI is InChI=1S/C22H25NO3/c1-3-7-22(24)23-14-12-18(13-15-23)26-19-9-6-8-17(16-19)20-10-4-5-11-21(20)25-2/h3-11,16,18H,12-15H2,1-2H3/b7-3+. The van der Waals surface area contributed by atoms with Gasteiger partial charge in [0.05, 0.1) is 7.11 Å². The summed E-state index contributed by atoms with van der Waals surface area (Å²) in [6.45, 7) is 3.34. The number of hydrogen-bond donors (Lipinski definition) is 0. The molecule has 26 heavy (non-hydrogen) atoms. The Morgan fingerprint density at radius 3 is 2.62 bits per heavy atom. The van der Waals surface area contributed by atoms with Crippen LogP contribution in [-0.4, -0.2) is 37.1 Å². The van der Waals surface area contributed by atoms with Gasteiger partial charge in [-0.15, -0.1) is 0 Å². The summed E-state index contributed by atoms with van der Waals surface area (Å²) in [5, 5.41) is 0. The van der Waals surface area contributed by atoms with Gasteiger partial charge in [0, 0.05) is 31.5 Å². The van der Waals surface area contributed by atoms with Gasteiger partial charge in [-0.25, -0.2) is 0 Å². The average molecular weight is 351 g/mol. The third-order valence-corrected chi connectivity index (χ3v) is 4.62. The Morgan fingerprint density at radius 2 is 1.88 bits per heavy atom. The maximum Gasteiger partial charge on any atom is 0.246 e. The summed E-state index contributed by atoms with van der Waals surface area (Å²) in [5.41, 5.74) is 2.12. The largest absolute Gasteiger partial charge is 0.496 e. The van der Waals surface area contributed by atoms with Crippen molar-refractivity contribution >= 4 is 5.91 Å². The molecular formula is C22H25NO3. The highest BCUT2D eigenvalue weighted by Crippen LogP contribution is 2.32. The summed E-state index contributed by atoms with van der Waals surface area (Å²) in [7, 11) is 1.68. The number of carbonyl (C=O) groups excluding carboxylic acids is 1. The molecule has 1 heterocycles. The highest BCUT2D eigenvalue weighted by Gasteiger charge is 2.22. The monoisotopic (exact) mass is 351 g/mol. The number of para-hydroxylation sites is 1. The fourth-order valence-corrected chi connectivity index (χ4v) is 3.25. The van der Waals surface area contributed by atoms with Crippen molar-refractivity contribution in [2.24, 2.45) is 0 Å². The Labute approximate surface area is 155 Å². The van der Waals surface area contributed by atoms with Crippen LogP contribution in [0, 0.1) is 0 Å². The van der Waals surface area contributed by atoms with Gasteiger partial charge < -0.3 is 14.4 Å². The van der Waals surface area contributed by atoms with Crippen molar-refractivity contribution in [2.75, 3.05) is 20.2 Å². The molecule has 0 radical (unpaired) electrons. The minimum Gasteiger partial charge on any atom is -0.496 e. The molecular weight excluding hydrogens is 326 g/mol. The predicted molar refractivity (Wildman–Crippen MR) is 103 cm³/mol. The summed E-state index contributed by atoms with van der Waals surface area (Å²) in [4.78, 5) is 13.8. The van der Waals surface area contributed by atoms with Crippen molar-refractivity contribution in [1.29, 1.82) is 0 Å². The number of benzene rings is 2. The number of rotatable bonds is 5. The molecule has 1 fully saturated rings. The van der Waals surface area contributed by atoms with E-state index < -0.39 is 0 Å². The van der Waals surface area contributed by atoms with Gasteiger partial charge in [-0.1, -0.05) is 36.4 Å². The zero-order valence-corrected chi connectivity index (χ0v) is 15.4. The SMILES string of the molecule is C/C=C/C(=O)N1CCC(Oc2cccc(-c3ccccc3OC)c2)CC1. The molecule has 4 heteroatoms. The molecule has 0 aromatic heterocycles. The molecule has 0 aliphatic carbocycles. The highest BCUT2D eigenvalue weighted by atomic mass is 16.5. The number of piperidine rings is 1. The zero-order chi connectivity index (χ0) is 18.4. The Hall–Kier alpha value is -2.75. The maximum atomic E-state index is 11.9. The van der Waals surface area contributed by atoms with Crippen molar-refractivity contribution in [2.45, 2.75) is 25.9 Å². The fourth-order valence-electron chi connectivity index (χ4n) is 3.25. The summed E-state index contributed by atoms with van der Waals surface area (Å²) >= 11 is 0. The first-order valence-corrected chi connectivity index (χ1v) is 9.03. The second-order valence-corrected chi connectivity index (χ2v) is 6.37. The van der Waals surface area contributed by atoms with Gasteiger partial charge in [-0.05, 0) is 36.8 Å². The lowest BCUT2D eigenvalue weighted by molar-refractivity contribution is -0.127. The lowest BCUT2D eigenvalue weighted by Gasteiger charge is -2.31. The van der Waals surface area contributed by atoms with Crippen LogP contribution in [0.4, 0.5) is 0 Å². The van der Waals surface area contributed by atoms with E-state index in [1.54, 1.807) is 19.3 Å². The van der Waals surface area contributed by atoms with E-state index in [0.717, 1.165) is 48.6 Å². The van der Waals surface area contributed by atoms with Gasteiger partial charge in [-0.3, -0.25) is 4.79 Å². The van der Waals surface area contributed by atoms with Crippen molar-refractivity contribution in [3.8, 4) is 22.6 Å². The molecule has 1 aliphatic rings. The molecule has 136 valence electrons. The molecule has 0 atom stereocenters. The van der Waals surface area contributed by atoms with Gasteiger partial charge >= 0.3 is 0 Å². The molecule has 0 spiro atoms. The Morgan fingerprint density at radius 1 is 1.12 bits per heavy atom. The first kappa shape index (κ1) is 18.1. The van der Waals surface area contributed by atoms with Crippen LogP contribution in [0.3, 0.4) is 0 Å². The van der Waals surface area contributed by atoms with Gasteiger partial charge in [0.1, 0.15) is 17.6 Å². The molecule has 0 bridgehead atoms. The van der Waals surface area contributed by atoms with E-state index in [2.05, 4.69) is 12.1 Å². The molecule has 2 aromatic carbocycles. The van der Waals surface area contributed by atoms with Crippen molar-refractivity contribution in [3.05, 3.63) is 60.7 Å². The quantitative estimate of drug-likeness (QED) is 0.754. The number of hydrogen-bond acceptors (Lipinski definition) is 3. The van der Waals surface area contributed by atoms with Crippen LogP contribution in [-0.2, 0) is 4.79 Å². The fraction of sp³-hybridized carbons (Fsp3) is 0.318. The Bertz CT molecular complexity index is 776. The molecule has 0 unspecified atom stereocenters. The predicted octanol–water partition coefficient (Wildman–Crippen LogP) is 4.31. The van der Waals surface area contributed by atoms with Gasteiger partial charge in [0.15, 0.2) is 0 Å². The first-order chi connectivity index (χ1) is 12.7. The summed E-state index contributed by atoms with van der Waals surface area (Å²) in [6.07, 6.45) is 5.24. The van der Waals surface area contributed by atoms with E-state index in [-0.39, 0.29) is 12.0 Å². The van der Waals surface area contributed by atoms with E-state index in [0.29, 0.717) is 0 Å². The topological polar surface area (TPSA) is 38.8 Å². The third-order valence-electron chi connectivity index (χ3n) is 4.62. The Kier molecular flexibility index (Phi) is 5.95. The van der Waals surface area contributed by atoms with Crippen LogP contribution >= 0.6 is 0 Å². The van der Waals surface area contributed by atoms with Crippen molar-refractivity contribution in [3.63, 3.8) is 0 Å². The summed E-state index contributed by atoms with van der Waals surface area (Å²) < 4.78 is 11.6. The first-order valence-electron chi connectivity index (χ1n) is 9.03. The second kappa shape index (κ2) is 8.56. The number of methoxy groups -OCH3 is 1. The van der Waals surface area contributed by atoms with Gasteiger partial charge in [0.2, 0.25) is 5.91 Å². The normalized spacial score (nSPS) is 15.2. The molecule has 1 saturated heterocycles. The number of allylic oxidation sites excluding steroid dienone is 1. The summed E-state index contributed by atoms with van der Waals surface area (Å²) in [6, 6.07) is 16.1. The van der Waals surface area contributed by atoms with E-state index in [4.69, 9.17) is 9.47 Å². The van der Waals surface area contributed by atoms with Crippen molar-refractivity contribution in [1.82, 2.24) is 4.90 Å². The van der Waals surface area contributed by atoms with Crippen LogP contribution in [0.25, 0.3) is 11.1 Å². The van der Waals surface area contributed by atoms with Gasteiger partial charge in [-0.2, -0.15) is 0 Å². The van der Waals surface area contributed by atoms with Crippen molar-refractivity contribution < 1.29 is 14.3 Å². The average Bonchev–Trinajstić information content (AvgIpc) is 2.69. The molecule has 1 amide bonds. The summed E-state index contributed by atoms with van der Waals surface area (Å²) in [5.74, 6) is 1.79. The van der Waals surface area contributed by atoms with Crippen LogP contribution in [0.1, 0.15) is 19.8 Å². The van der Waals surface area contributed by atoms with Crippen LogP contribution in [0.2, 0.25) is 0 Å². The van der Waals surface area contributed by atoms with Crippen LogP contribution < -0.4 is 9.47 Å². The van der Waals surface area contributed by atoms with E-state index in [1.165, 1.54) is 0 Å². The minimum atomic E-state index is 0.0871. The lowest BCUT2D eigenvalue weighted by Crippen LogP contribution is -2.41. The van der Waals surface area contributed by atoms with E-state index in [1.807, 2.05) is 48.2 Å². The molecule has 1 aliphatic heterocycles. The number of nitrogens with zero attached hydrogens (tertiary/aromatic N) is 1. The number of amides is 1. The minimum absolute atomic E-state index is 0.0871. The van der Waals surface area contributed by atoms with Gasteiger partial charge in [0.25, 0.3) is 0 Å². The van der Waals surface area contributed by atoms with Crippen LogP contribution in [0.15, 0.2) is 60.7 Å². The number of ether oxygens (including phenoxy) is 2. The Balaban J connectivity index is 1.66. The smallest absolute Gasteiger partial charge is 0.246 e. The van der Waals surface area contributed by atoms with E-state index >= 15 is 0 Å². The molecule has 3 rings (SSSR count). The zero-order valence-electron chi connectivity index (χ0n) is 15.4. The number of likely N-dealkylation sites (tertiary alicyclic amines) is 1. The third kappa shape index (κ3) is 4.26.